The molecule has 1 aliphatic rings. The standard InChI is InChI=1S/C11H18N2O3/c1-2-3-6-12-11(16)13-9-5-4-8(7-9)10(14)15/h4-5,8-9H,2-3,6-7H2,1H3,(H,14,15)(H2,12,13,16). The van der Waals surface area contributed by atoms with E-state index in [-0.39, 0.29) is 12.1 Å². The second-order valence-corrected chi connectivity index (χ2v) is 3.93. The number of urea groups is 1. The molecule has 0 saturated carbocycles. The van der Waals surface area contributed by atoms with Crippen molar-refractivity contribution < 1.29 is 14.7 Å². The molecule has 5 nitrogen and oxygen atoms in total. The Hall–Kier alpha value is -1.52. The van der Waals surface area contributed by atoms with Gasteiger partial charge >= 0.3 is 12.0 Å². The van der Waals surface area contributed by atoms with Crippen LogP contribution in [0.2, 0.25) is 0 Å². The third-order valence-electron chi connectivity index (χ3n) is 2.53. The molecule has 16 heavy (non-hydrogen) atoms. The predicted octanol–water partition coefficient (Wildman–Crippen LogP) is 1.11. The molecule has 2 atom stereocenters. The van der Waals surface area contributed by atoms with Crippen LogP contribution in [0.5, 0.6) is 0 Å². The van der Waals surface area contributed by atoms with Crippen LogP contribution in [0.1, 0.15) is 26.2 Å². The van der Waals surface area contributed by atoms with Crippen molar-refractivity contribution >= 4 is 12.0 Å². The molecule has 0 heterocycles. The molecular weight excluding hydrogens is 208 g/mol. The Morgan fingerprint density at radius 2 is 2.19 bits per heavy atom. The highest BCUT2D eigenvalue weighted by molar-refractivity contribution is 5.76. The van der Waals surface area contributed by atoms with Gasteiger partial charge in [-0.3, -0.25) is 4.79 Å². The summed E-state index contributed by atoms with van der Waals surface area (Å²) in [5, 5.41) is 14.2. The van der Waals surface area contributed by atoms with E-state index in [1.165, 1.54) is 0 Å². The highest BCUT2D eigenvalue weighted by Crippen LogP contribution is 2.17. The number of carboxylic acids is 1. The summed E-state index contributed by atoms with van der Waals surface area (Å²) in [5.41, 5.74) is 0. The Labute approximate surface area is 94.9 Å². The van der Waals surface area contributed by atoms with Crippen molar-refractivity contribution in [2.75, 3.05) is 6.54 Å². The number of carbonyl (C=O) groups excluding carboxylic acids is 1. The first kappa shape index (κ1) is 12.5. The highest BCUT2D eigenvalue weighted by atomic mass is 16.4. The van der Waals surface area contributed by atoms with Gasteiger partial charge in [-0.1, -0.05) is 25.5 Å². The average Bonchev–Trinajstić information content (AvgIpc) is 2.66. The number of unbranched alkanes of at least 4 members (excludes halogenated alkanes) is 1. The van der Waals surface area contributed by atoms with Gasteiger partial charge in [0.15, 0.2) is 0 Å². The zero-order valence-corrected chi connectivity index (χ0v) is 9.40. The van der Waals surface area contributed by atoms with Gasteiger partial charge in [-0.15, -0.1) is 0 Å². The summed E-state index contributed by atoms with van der Waals surface area (Å²) in [7, 11) is 0. The Morgan fingerprint density at radius 3 is 2.75 bits per heavy atom. The van der Waals surface area contributed by atoms with Gasteiger partial charge in [-0.2, -0.15) is 0 Å². The van der Waals surface area contributed by atoms with E-state index in [1.54, 1.807) is 12.2 Å². The molecule has 2 amide bonds. The number of carbonyl (C=O) groups is 2. The molecule has 5 heteroatoms. The van der Waals surface area contributed by atoms with Crippen molar-refractivity contribution in [1.82, 2.24) is 10.6 Å². The molecule has 0 aromatic carbocycles. The molecule has 0 aliphatic heterocycles. The molecule has 1 rings (SSSR count). The molecule has 0 aromatic rings. The topological polar surface area (TPSA) is 78.4 Å². The number of amides is 2. The smallest absolute Gasteiger partial charge is 0.315 e. The summed E-state index contributed by atoms with van der Waals surface area (Å²) in [6.07, 6.45) is 5.78. The van der Waals surface area contributed by atoms with E-state index < -0.39 is 11.9 Å². The largest absolute Gasteiger partial charge is 0.481 e. The van der Waals surface area contributed by atoms with Gasteiger partial charge < -0.3 is 15.7 Å². The summed E-state index contributed by atoms with van der Waals surface area (Å²) in [6.45, 7) is 2.71. The van der Waals surface area contributed by atoms with Crippen LogP contribution in [0.25, 0.3) is 0 Å². The lowest BCUT2D eigenvalue weighted by Gasteiger charge is -2.12. The lowest BCUT2D eigenvalue weighted by Crippen LogP contribution is -2.41. The van der Waals surface area contributed by atoms with E-state index in [2.05, 4.69) is 17.6 Å². The number of aliphatic carboxylic acids is 1. The Morgan fingerprint density at radius 1 is 1.44 bits per heavy atom. The minimum absolute atomic E-state index is 0.164. The normalized spacial score (nSPS) is 23.1. The van der Waals surface area contributed by atoms with E-state index in [4.69, 9.17) is 5.11 Å². The summed E-state index contributed by atoms with van der Waals surface area (Å²) in [6, 6.07) is -0.392. The van der Waals surface area contributed by atoms with Gasteiger partial charge in [0.2, 0.25) is 0 Å². The second kappa shape index (κ2) is 6.15. The van der Waals surface area contributed by atoms with Gasteiger partial charge in [0, 0.05) is 6.54 Å². The monoisotopic (exact) mass is 226 g/mol. The molecule has 2 unspecified atom stereocenters. The first-order chi connectivity index (χ1) is 7.63. The number of hydrogen-bond donors (Lipinski definition) is 3. The van der Waals surface area contributed by atoms with Crippen LogP contribution in [-0.4, -0.2) is 29.7 Å². The van der Waals surface area contributed by atoms with Crippen LogP contribution in [0, 0.1) is 5.92 Å². The van der Waals surface area contributed by atoms with Crippen molar-refractivity contribution in [3.8, 4) is 0 Å². The van der Waals surface area contributed by atoms with E-state index in [1.807, 2.05) is 0 Å². The zero-order valence-electron chi connectivity index (χ0n) is 9.40. The molecule has 3 N–H and O–H groups in total. The van der Waals surface area contributed by atoms with Crippen molar-refractivity contribution in [1.29, 1.82) is 0 Å². The molecular formula is C11H18N2O3. The van der Waals surface area contributed by atoms with E-state index in [0.29, 0.717) is 13.0 Å². The first-order valence-corrected chi connectivity index (χ1v) is 5.59. The first-order valence-electron chi connectivity index (χ1n) is 5.59. The van der Waals surface area contributed by atoms with Gasteiger partial charge in [0.1, 0.15) is 0 Å². The van der Waals surface area contributed by atoms with Crippen molar-refractivity contribution in [2.24, 2.45) is 5.92 Å². The Kier molecular flexibility index (Phi) is 4.82. The quantitative estimate of drug-likeness (QED) is 0.485. The zero-order chi connectivity index (χ0) is 12.0. The maximum atomic E-state index is 11.3. The number of rotatable bonds is 5. The molecule has 0 spiro atoms. The highest BCUT2D eigenvalue weighted by Gasteiger charge is 2.25. The summed E-state index contributed by atoms with van der Waals surface area (Å²) < 4.78 is 0. The van der Waals surface area contributed by atoms with Crippen molar-refractivity contribution in [2.45, 2.75) is 32.2 Å². The molecule has 0 fully saturated rings. The van der Waals surface area contributed by atoms with Crippen LogP contribution in [0.4, 0.5) is 4.79 Å². The van der Waals surface area contributed by atoms with Gasteiger partial charge in [0.25, 0.3) is 0 Å². The molecule has 90 valence electrons. The van der Waals surface area contributed by atoms with Crippen LogP contribution < -0.4 is 10.6 Å². The molecule has 1 aliphatic carbocycles. The minimum Gasteiger partial charge on any atom is -0.481 e. The fourth-order valence-electron chi connectivity index (χ4n) is 1.59. The van der Waals surface area contributed by atoms with E-state index in [9.17, 15) is 9.59 Å². The fraction of sp³-hybridized carbons (Fsp3) is 0.636. The second-order valence-electron chi connectivity index (χ2n) is 3.93. The number of nitrogens with one attached hydrogen (secondary N) is 2. The van der Waals surface area contributed by atoms with E-state index >= 15 is 0 Å². The summed E-state index contributed by atoms with van der Waals surface area (Å²) in [4.78, 5) is 22.0. The molecule has 0 aromatic heterocycles. The van der Waals surface area contributed by atoms with Gasteiger partial charge in [-0.05, 0) is 12.8 Å². The Bertz CT molecular complexity index is 289. The molecule has 0 bridgehead atoms. The van der Waals surface area contributed by atoms with Crippen molar-refractivity contribution in [3.05, 3.63) is 12.2 Å². The maximum absolute atomic E-state index is 11.3. The maximum Gasteiger partial charge on any atom is 0.315 e. The van der Waals surface area contributed by atoms with E-state index in [0.717, 1.165) is 12.8 Å². The summed E-state index contributed by atoms with van der Waals surface area (Å²) >= 11 is 0. The van der Waals surface area contributed by atoms with Gasteiger partial charge in [-0.25, -0.2) is 4.79 Å². The Balaban J connectivity index is 2.21. The number of hydrogen-bond acceptors (Lipinski definition) is 2. The summed E-state index contributed by atoms with van der Waals surface area (Å²) in [5.74, 6) is -1.31. The fourth-order valence-corrected chi connectivity index (χ4v) is 1.59. The third kappa shape index (κ3) is 3.92. The van der Waals surface area contributed by atoms with Crippen LogP contribution in [-0.2, 0) is 4.79 Å². The molecule has 0 radical (unpaired) electrons. The minimum atomic E-state index is -0.841. The van der Waals surface area contributed by atoms with Crippen LogP contribution >= 0.6 is 0 Å². The molecule has 0 saturated heterocycles. The SMILES string of the molecule is CCCCNC(=O)NC1C=CC(C(=O)O)C1. The van der Waals surface area contributed by atoms with Crippen LogP contribution in [0.3, 0.4) is 0 Å². The third-order valence-corrected chi connectivity index (χ3v) is 2.53. The average molecular weight is 226 g/mol. The van der Waals surface area contributed by atoms with Crippen molar-refractivity contribution in [3.63, 3.8) is 0 Å². The predicted molar refractivity (Wildman–Crippen MR) is 60.1 cm³/mol. The van der Waals surface area contributed by atoms with Gasteiger partial charge in [0.05, 0.1) is 12.0 Å². The number of carboxylic acid groups (broad SMARTS) is 1. The van der Waals surface area contributed by atoms with Crippen LogP contribution in [0.15, 0.2) is 12.2 Å². The lowest BCUT2D eigenvalue weighted by molar-refractivity contribution is -0.140. The lowest BCUT2D eigenvalue weighted by atomic mass is 10.1.